The molecule has 0 amide bonds. The van der Waals surface area contributed by atoms with E-state index in [2.05, 4.69) is 38.2 Å². The molecule has 0 spiro atoms. The molecule has 0 aliphatic rings. The maximum atomic E-state index is 2.27. The summed E-state index contributed by atoms with van der Waals surface area (Å²) in [7, 11) is 0. The van der Waals surface area contributed by atoms with Gasteiger partial charge >= 0.3 is 0 Å². The Morgan fingerprint density at radius 1 is 1.10 bits per heavy atom. The summed E-state index contributed by atoms with van der Waals surface area (Å²) >= 11 is 0. The zero-order chi connectivity index (χ0) is 7.66. The van der Waals surface area contributed by atoms with Crippen LogP contribution in [0, 0.1) is 0 Å². The lowest BCUT2D eigenvalue weighted by Crippen LogP contribution is -1.66. The zero-order valence-electron chi connectivity index (χ0n) is 7.14. The van der Waals surface area contributed by atoms with Gasteiger partial charge in [-0.25, -0.2) is 0 Å². The third-order valence-corrected chi connectivity index (χ3v) is 1.40. The smallest absolute Gasteiger partial charge is 0.0169 e. The molecule has 0 aromatic heterocycles. The highest BCUT2D eigenvalue weighted by atomic mass is 13.8. The molecule has 0 saturated heterocycles. The van der Waals surface area contributed by atoms with Crippen molar-refractivity contribution in [1.29, 1.82) is 0 Å². The van der Waals surface area contributed by atoms with Crippen LogP contribution in [0.15, 0.2) is 24.3 Å². The van der Waals surface area contributed by atoms with Gasteiger partial charge in [0.05, 0.1) is 0 Å². The van der Waals surface area contributed by atoms with Crippen LogP contribution in [-0.4, -0.2) is 0 Å². The average molecular weight is 138 g/mol. The van der Waals surface area contributed by atoms with Crippen molar-refractivity contribution in [3.05, 3.63) is 24.3 Å². The Hall–Kier alpha value is -0.520. The summed E-state index contributed by atoms with van der Waals surface area (Å²) in [4.78, 5) is 0. The molecule has 0 saturated carbocycles. The summed E-state index contributed by atoms with van der Waals surface area (Å²) in [6, 6.07) is 0. The van der Waals surface area contributed by atoms with Crippen molar-refractivity contribution in [2.24, 2.45) is 0 Å². The predicted molar refractivity (Wildman–Crippen MR) is 48.1 cm³/mol. The highest BCUT2D eigenvalue weighted by Crippen LogP contribution is 1.96. The molecule has 0 aliphatic heterocycles. The molecule has 0 radical (unpaired) electrons. The quantitative estimate of drug-likeness (QED) is 0.401. The summed E-state index contributed by atoms with van der Waals surface area (Å²) in [6.45, 7) is 4.28. The minimum Gasteiger partial charge on any atom is -0.0914 e. The molecule has 0 unspecified atom stereocenters. The normalized spacial score (nSPS) is 11.8. The Bertz CT molecular complexity index is 98.6. The van der Waals surface area contributed by atoms with Gasteiger partial charge in [-0.3, -0.25) is 0 Å². The first-order valence-electron chi connectivity index (χ1n) is 4.18. The number of hydrogen-bond acceptors (Lipinski definition) is 0. The monoisotopic (exact) mass is 138 g/mol. The van der Waals surface area contributed by atoms with Crippen molar-refractivity contribution in [3.8, 4) is 0 Å². The summed E-state index contributed by atoms with van der Waals surface area (Å²) in [5.41, 5.74) is 0. The lowest BCUT2D eigenvalue weighted by atomic mass is 10.2. The van der Waals surface area contributed by atoms with Crippen LogP contribution in [-0.2, 0) is 0 Å². The van der Waals surface area contributed by atoms with Crippen LogP contribution < -0.4 is 0 Å². The van der Waals surface area contributed by atoms with E-state index in [0.717, 1.165) is 6.42 Å². The van der Waals surface area contributed by atoms with E-state index < -0.39 is 0 Å². The molecule has 0 bridgehead atoms. The molecule has 58 valence electrons. The van der Waals surface area contributed by atoms with Gasteiger partial charge in [0.25, 0.3) is 0 Å². The zero-order valence-corrected chi connectivity index (χ0v) is 7.14. The second kappa shape index (κ2) is 8.48. The molecule has 0 heterocycles. The van der Waals surface area contributed by atoms with Crippen molar-refractivity contribution in [3.63, 3.8) is 0 Å². The number of rotatable bonds is 5. The Morgan fingerprint density at radius 2 is 1.90 bits per heavy atom. The van der Waals surface area contributed by atoms with Gasteiger partial charge in [0.15, 0.2) is 0 Å². The second-order valence-corrected chi connectivity index (χ2v) is 2.42. The average Bonchev–Trinajstić information content (AvgIpc) is 1.97. The maximum Gasteiger partial charge on any atom is -0.0169 e. The molecule has 0 nitrogen and oxygen atoms in total. The molecule has 0 aromatic carbocycles. The number of hydrogen-bond donors (Lipinski definition) is 0. The van der Waals surface area contributed by atoms with Crippen LogP contribution in [0.4, 0.5) is 0 Å². The Balaban J connectivity index is 3.04. The van der Waals surface area contributed by atoms with E-state index in [1.54, 1.807) is 0 Å². The van der Waals surface area contributed by atoms with Crippen molar-refractivity contribution in [1.82, 2.24) is 0 Å². The molecular formula is C10H18. The summed E-state index contributed by atoms with van der Waals surface area (Å²) in [5, 5.41) is 0. The lowest BCUT2D eigenvalue weighted by Gasteiger charge is -1.86. The Labute approximate surface area is 64.6 Å². The molecule has 0 atom stereocenters. The van der Waals surface area contributed by atoms with Crippen molar-refractivity contribution in [2.45, 2.75) is 39.5 Å². The minimum absolute atomic E-state index is 1.10. The van der Waals surface area contributed by atoms with Gasteiger partial charge in [0, 0.05) is 0 Å². The fraction of sp³-hybridized carbons (Fsp3) is 0.600. The topological polar surface area (TPSA) is 0 Å². The molecule has 10 heavy (non-hydrogen) atoms. The van der Waals surface area contributed by atoms with Gasteiger partial charge in [-0.1, -0.05) is 44.1 Å². The predicted octanol–water partition coefficient (Wildman–Crippen LogP) is 3.70. The van der Waals surface area contributed by atoms with Gasteiger partial charge in [-0.05, 0) is 19.8 Å². The highest BCUT2D eigenvalue weighted by molar-refractivity contribution is 4.90. The van der Waals surface area contributed by atoms with Crippen LogP contribution in [0.3, 0.4) is 0 Å². The molecule has 0 aliphatic carbocycles. The number of unbranched alkanes of at least 4 members (excludes halogenated alkanes) is 2. The minimum atomic E-state index is 1.10. The van der Waals surface area contributed by atoms with E-state index in [1.165, 1.54) is 19.3 Å². The number of allylic oxidation sites excluding steroid dienone is 4. The van der Waals surface area contributed by atoms with E-state index in [-0.39, 0.29) is 0 Å². The molecule has 0 rings (SSSR count). The van der Waals surface area contributed by atoms with Crippen molar-refractivity contribution in [2.75, 3.05) is 0 Å². The first-order valence-corrected chi connectivity index (χ1v) is 4.18. The first kappa shape index (κ1) is 9.48. The summed E-state index contributed by atoms with van der Waals surface area (Å²) < 4.78 is 0. The fourth-order valence-corrected chi connectivity index (χ4v) is 0.751. The Kier molecular flexibility index (Phi) is 8.04. The molecule has 0 N–H and O–H groups in total. The van der Waals surface area contributed by atoms with Crippen LogP contribution in [0.2, 0.25) is 0 Å². The van der Waals surface area contributed by atoms with E-state index in [1.807, 2.05) is 0 Å². The third-order valence-electron chi connectivity index (χ3n) is 1.40. The lowest BCUT2D eigenvalue weighted by molar-refractivity contribution is 0.813. The van der Waals surface area contributed by atoms with Crippen LogP contribution >= 0.6 is 0 Å². The summed E-state index contributed by atoms with van der Waals surface area (Å²) in [6.07, 6.45) is 13.7. The first-order chi connectivity index (χ1) is 4.91. The SMILES string of the molecule is C/C=C\C/C=C\CCCC. The molecule has 0 aromatic rings. The van der Waals surface area contributed by atoms with Gasteiger partial charge in [-0.2, -0.15) is 0 Å². The fourth-order valence-electron chi connectivity index (χ4n) is 0.751. The van der Waals surface area contributed by atoms with Gasteiger partial charge in [-0.15, -0.1) is 0 Å². The van der Waals surface area contributed by atoms with Crippen LogP contribution in [0.5, 0.6) is 0 Å². The second-order valence-electron chi connectivity index (χ2n) is 2.42. The van der Waals surface area contributed by atoms with E-state index in [4.69, 9.17) is 0 Å². The largest absolute Gasteiger partial charge is 0.0914 e. The van der Waals surface area contributed by atoms with Gasteiger partial charge < -0.3 is 0 Å². The van der Waals surface area contributed by atoms with Crippen molar-refractivity contribution < 1.29 is 0 Å². The highest BCUT2D eigenvalue weighted by Gasteiger charge is 1.75. The van der Waals surface area contributed by atoms with E-state index in [9.17, 15) is 0 Å². The maximum absolute atomic E-state index is 2.27. The molecule has 0 fully saturated rings. The van der Waals surface area contributed by atoms with E-state index >= 15 is 0 Å². The van der Waals surface area contributed by atoms with Crippen molar-refractivity contribution >= 4 is 0 Å². The van der Waals surface area contributed by atoms with Gasteiger partial charge in [0.2, 0.25) is 0 Å². The van der Waals surface area contributed by atoms with E-state index in [0.29, 0.717) is 0 Å². The van der Waals surface area contributed by atoms with Crippen LogP contribution in [0.1, 0.15) is 39.5 Å². The summed E-state index contributed by atoms with van der Waals surface area (Å²) in [5.74, 6) is 0. The standard InChI is InChI=1S/C10H18/c1-3-5-7-9-10-8-6-4-2/h3,5,9-10H,4,6-8H2,1-2H3/b5-3-,10-9-. The van der Waals surface area contributed by atoms with Crippen LogP contribution in [0.25, 0.3) is 0 Å². The Morgan fingerprint density at radius 3 is 2.50 bits per heavy atom. The van der Waals surface area contributed by atoms with Gasteiger partial charge in [0.1, 0.15) is 0 Å². The third kappa shape index (κ3) is 7.48. The molecule has 0 heteroatoms. The molecular weight excluding hydrogens is 120 g/mol.